The van der Waals surface area contributed by atoms with E-state index in [4.69, 9.17) is 4.74 Å². The van der Waals surface area contributed by atoms with Crippen molar-refractivity contribution in [3.05, 3.63) is 54.1 Å². The van der Waals surface area contributed by atoms with E-state index in [1.165, 1.54) is 13.2 Å². The van der Waals surface area contributed by atoms with Crippen LogP contribution in [-0.4, -0.2) is 19.1 Å². The average Bonchev–Trinajstić information content (AvgIpc) is 2.45. The monoisotopic (exact) mass is 280 g/mol. The Balaban J connectivity index is 2.60. The summed E-state index contributed by atoms with van der Waals surface area (Å²) in [7, 11) is 1.24. The van der Waals surface area contributed by atoms with Gasteiger partial charge in [-0.3, -0.25) is 4.79 Å². The van der Waals surface area contributed by atoms with E-state index < -0.39 is 17.5 Å². The Morgan fingerprint density at radius 2 is 1.65 bits per heavy atom. The Morgan fingerprint density at radius 3 is 2.20 bits per heavy atom. The van der Waals surface area contributed by atoms with Gasteiger partial charge in [-0.2, -0.15) is 13.2 Å². The van der Waals surface area contributed by atoms with E-state index in [1.54, 1.807) is 36.4 Å². The number of ether oxygens (including phenoxy) is 1. The van der Waals surface area contributed by atoms with Gasteiger partial charge < -0.3 is 4.74 Å². The van der Waals surface area contributed by atoms with E-state index >= 15 is 0 Å². The normalized spacial score (nSPS) is 11.2. The van der Waals surface area contributed by atoms with Crippen LogP contribution in [0.15, 0.2) is 48.5 Å². The molecule has 104 valence electrons. The van der Waals surface area contributed by atoms with Crippen LogP contribution in [0.25, 0.3) is 11.1 Å². The van der Waals surface area contributed by atoms with E-state index in [9.17, 15) is 18.0 Å². The molecule has 20 heavy (non-hydrogen) atoms. The van der Waals surface area contributed by atoms with Crippen LogP contribution in [-0.2, 0) is 0 Å². The first-order valence-corrected chi connectivity index (χ1v) is 5.79. The lowest BCUT2D eigenvalue weighted by Crippen LogP contribution is -2.23. The molecular formula is C15H11F3O2. The molecule has 2 rings (SSSR count). The van der Waals surface area contributed by atoms with E-state index in [-0.39, 0.29) is 5.75 Å². The van der Waals surface area contributed by atoms with Crippen LogP contribution in [0.1, 0.15) is 10.4 Å². The SMILES string of the molecule is COc1c(C(=O)C(F)(F)F)cccc1-c1ccccc1. The number of rotatable bonds is 3. The summed E-state index contributed by atoms with van der Waals surface area (Å²) in [6.45, 7) is 0. The van der Waals surface area contributed by atoms with Gasteiger partial charge in [-0.05, 0) is 11.6 Å². The topological polar surface area (TPSA) is 26.3 Å². The van der Waals surface area contributed by atoms with Crippen LogP contribution in [0.5, 0.6) is 5.75 Å². The first-order valence-electron chi connectivity index (χ1n) is 5.79. The summed E-state index contributed by atoms with van der Waals surface area (Å²) >= 11 is 0. The second-order valence-corrected chi connectivity index (χ2v) is 4.08. The van der Waals surface area contributed by atoms with Crippen molar-refractivity contribution in [2.45, 2.75) is 6.18 Å². The average molecular weight is 280 g/mol. The predicted molar refractivity (Wildman–Crippen MR) is 68.8 cm³/mol. The maximum atomic E-state index is 12.6. The first-order chi connectivity index (χ1) is 9.45. The van der Waals surface area contributed by atoms with Gasteiger partial charge in [0.15, 0.2) is 0 Å². The van der Waals surface area contributed by atoms with Gasteiger partial charge in [-0.15, -0.1) is 0 Å². The minimum absolute atomic E-state index is 0.0685. The van der Waals surface area contributed by atoms with Crippen molar-refractivity contribution >= 4 is 5.78 Å². The lowest BCUT2D eigenvalue weighted by atomic mass is 9.99. The molecular weight excluding hydrogens is 269 g/mol. The van der Waals surface area contributed by atoms with Crippen molar-refractivity contribution in [3.8, 4) is 16.9 Å². The molecule has 0 aliphatic heterocycles. The molecule has 0 saturated heterocycles. The molecule has 5 heteroatoms. The highest BCUT2D eigenvalue weighted by Gasteiger charge is 2.41. The summed E-state index contributed by atoms with van der Waals surface area (Å²) in [6.07, 6.45) is -4.93. The van der Waals surface area contributed by atoms with Crippen LogP contribution < -0.4 is 4.74 Å². The molecule has 0 atom stereocenters. The lowest BCUT2D eigenvalue weighted by Gasteiger charge is -2.14. The zero-order chi connectivity index (χ0) is 14.8. The van der Waals surface area contributed by atoms with Gasteiger partial charge in [-0.25, -0.2) is 0 Å². The predicted octanol–water partition coefficient (Wildman–Crippen LogP) is 4.11. The molecule has 2 aromatic carbocycles. The van der Waals surface area contributed by atoms with E-state index in [0.717, 1.165) is 6.07 Å². The molecule has 2 nitrogen and oxygen atoms in total. The van der Waals surface area contributed by atoms with E-state index in [0.29, 0.717) is 11.1 Å². The third-order valence-electron chi connectivity index (χ3n) is 2.81. The summed E-state index contributed by atoms with van der Waals surface area (Å²) in [6, 6.07) is 12.9. The minimum Gasteiger partial charge on any atom is -0.495 e. The zero-order valence-electron chi connectivity index (χ0n) is 10.6. The van der Waals surface area contributed by atoms with Crippen molar-refractivity contribution in [1.82, 2.24) is 0 Å². The highest BCUT2D eigenvalue weighted by Crippen LogP contribution is 2.35. The number of benzene rings is 2. The number of carbonyl (C=O) groups is 1. The number of carbonyl (C=O) groups excluding carboxylic acids is 1. The lowest BCUT2D eigenvalue weighted by molar-refractivity contribution is -0.0886. The Hall–Kier alpha value is -2.30. The Bertz CT molecular complexity index is 619. The second kappa shape index (κ2) is 5.36. The molecule has 0 saturated carbocycles. The fourth-order valence-electron chi connectivity index (χ4n) is 1.93. The molecule has 0 amide bonds. The third-order valence-corrected chi connectivity index (χ3v) is 2.81. The van der Waals surface area contributed by atoms with Crippen LogP contribution in [0.3, 0.4) is 0 Å². The molecule has 0 aromatic heterocycles. The number of Topliss-reactive ketones (excluding diaryl/α,β-unsaturated/α-hetero) is 1. The molecule has 0 aliphatic carbocycles. The van der Waals surface area contributed by atoms with Crippen molar-refractivity contribution < 1.29 is 22.7 Å². The standard InChI is InChI=1S/C15H11F3O2/c1-20-13-11(10-6-3-2-4-7-10)8-5-9-12(13)14(19)15(16,17)18/h2-9H,1H3. The highest BCUT2D eigenvalue weighted by atomic mass is 19.4. The largest absolute Gasteiger partial charge is 0.495 e. The molecule has 2 aromatic rings. The molecule has 0 fully saturated rings. The molecule has 0 spiro atoms. The first kappa shape index (κ1) is 14.1. The summed E-state index contributed by atoms with van der Waals surface area (Å²) in [5.41, 5.74) is 0.644. The number of alkyl halides is 3. The second-order valence-electron chi connectivity index (χ2n) is 4.08. The van der Waals surface area contributed by atoms with Crippen LogP contribution in [0.4, 0.5) is 13.2 Å². The number of ketones is 1. The number of hydrogen-bond acceptors (Lipinski definition) is 2. The molecule has 0 unspecified atom stereocenters. The van der Waals surface area contributed by atoms with Crippen molar-refractivity contribution in [1.29, 1.82) is 0 Å². The van der Waals surface area contributed by atoms with Gasteiger partial charge in [0.25, 0.3) is 5.78 Å². The van der Waals surface area contributed by atoms with E-state index in [2.05, 4.69) is 0 Å². The summed E-state index contributed by atoms with van der Waals surface area (Å²) < 4.78 is 42.8. The number of hydrogen-bond donors (Lipinski definition) is 0. The number of methoxy groups -OCH3 is 1. The van der Waals surface area contributed by atoms with Crippen molar-refractivity contribution in [2.75, 3.05) is 7.11 Å². The molecule has 0 bridgehead atoms. The number of para-hydroxylation sites is 1. The highest BCUT2D eigenvalue weighted by molar-refractivity contribution is 6.04. The quantitative estimate of drug-likeness (QED) is 0.791. The molecule has 0 N–H and O–H groups in total. The molecule has 0 radical (unpaired) electrons. The maximum absolute atomic E-state index is 12.6. The van der Waals surface area contributed by atoms with Crippen molar-refractivity contribution in [3.63, 3.8) is 0 Å². The smallest absolute Gasteiger partial charge is 0.455 e. The summed E-state index contributed by atoms with van der Waals surface area (Å²) in [5, 5.41) is 0. The Kier molecular flexibility index (Phi) is 3.79. The minimum atomic E-state index is -4.93. The van der Waals surface area contributed by atoms with Gasteiger partial charge in [0.2, 0.25) is 0 Å². The summed E-state index contributed by atoms with van der Waals surface area (Å²) in [4.78, 5) is 11.4. The van der Waals surface area contributed by atoms with Gasteiger partial charge >= 0.3 is 6.18 Å². The van der Waals surface area contributed by atoms with Gasteiger partial charge in [0, 0.05) is 5.56 Å². The Labute approximate surface area is 113 Å². The van der Waals surface area contributed by atoms with Gasteiger partial charge in [-0.1, -0.05) is 42.5 Å². The third kappa shape index (κ3) is 2.66. The molecule has 0 aliphatic rings. The molecule has 0 heterocycles. The Morgan fingerprint density at radius 1 is 1.00 bits per heavy atom. The van der Waals surface area contributed by atoms with Crippen LogP contribution in [0, 0.1) is 0 Å². The fraction of sp³-hybridized carbons (Fsp3) is 0.133. The van der Waals surface area contributed by atoms with E-state index in [1.807, 2.05) is 0 Å². The zero-order valence-corrected chi connectivity index (χ0v) is 10.6. The van der Waals surface area contributed by atoms with Gasteiger partial charge in [0.1, 0.15) is 5.75 Å². The van der Waals surface area contributed by atoms with Crippen LogP contribution in [0.2, 0.25) is 0 Å². The fourth-order valence-corrected chi connectivity index (χ4v) is 1.93. The number of halogens is 3. The summed E-state index contributed by atoms with van der Waals surface area (Å²) in [5.74, 6) is -1.98. The van der Waals surface area contributed by atoms with Crippen molar-refractivity contribution in [2.24, 2.45) is 0 Å². The van der Waals surface area contributed by atoms with Crippen LogP contribution >= 0.6 is 0 Å². The maximum Gasteiger partial charge on any atom is 0.455 e. The van der Waals surface area contributed by atoms with Gasteiger partial charge in [0.05, 0.1) is 12.7 Å².